The number of anilines is 1. The molecule has 1 rings (SSSR count). The van der Waals surface area contributed by atoms with Crippen molar-refractivity contribution in [1.82, 2.24) is 5.32 Å². The molecule has 0 aromatic heterocycles. The molecule has 0 saturated carbocycles. The number of carboxylic acids is 1. The standard InChI is InChI=1S/C15H21BrN2O3/c1-15(2,3)8-10(13(19)20)9-17-14(21)18-12-6-4-11(16)5-7-12/h4-7,10H,8-9H2,1-3H3,(H,19,20)(H2,17,18,21). The molecule has 2 amide bonds. The maximum Gasteiger partial charge on any atom is 0.319 e. The summed E-state index contributed by atoms with van der Waals surface area (Å²) in [6.07, 6.45) is 0.501. The van der Waals surface area contributed by atoms with Crippen molar-refractivity contribution < 1.29 is 14.7 Å². The molecule has 0 bridgehead atoms. The number of halogens is 1. The molecule has 0 aliphatic rings. The second-order valence-electron chi connectivity index (χ2n) is 6.14. The zero-order valence-corrected chi connectivity index (χ0v) is 14.0. The fourth-order valence-electron chi connectivity index (χ4n) is 1.91. The highest BCUT2D eigenvalue weighted by molar-refractivity contribution is 9.10. The van der Waals surface area contributed by atoms with E-state index in [1.54, 1.807) is 12.1 Å². The second kappa shape index (κ2) is 7.45. The van der Waals surface area contributed by atoms with Crippen LogP contribution in [0.25, 0.3) is 0 Å². The number of aliphatic carboxylic acids is 1. The lowest BCUT2D eigenvalue weighted by Gasteiger charge is -2.23. The number of rotatable bonds is 5. The van der Waals surface area contributed by atoms with Gasteiger partial charge in [-0.25, -0.2) is 4.79 Å². The summed E-state index contributed by atoms with van der Waals surface area (Å²) >= 11 is 3.31. The molecular formula is C15H21BrN2O3. The smallest absolute Gasteiger partial charge is 0.319 e. The summed E-state index contributed by atoms with van der Waals surface area (Å²) in [5, 5.41) is 14.5. The number of carbonyl (C=O) groups excluding carboxylic acids is 1. The Morgan fingerprint density at radius 3 is 2.29 bits per heavy atom. The van der Waals surface area contributed by atoms with E-state index in [1.165, 1.54) is 0 Å². The van der Waals surface area contributed by atoms with Crippen molar-refractivity contribution in [2.24, 2.45) is 11.3 Å². The van der Waals surface area contributed by atoms with E-state index in [9.17, 15) is 14.7 Å². The minimum atomic E-state index is -0.895. The monoisotopic (exact) mass is 356 g/mol. The Labute approximate surface area is 133 Å². The molecule has 0 fully saturated rings. The molecule has 1 atom stereocenters. The molecule has 21 heavy (non-hydrogen) atoms. The predicted molar refractivity (Wildman–Crippen MR) is 86.4 cm³/mol. The minimum absolute atomic E-state index is 0.104. The van der Waals surface area contributed by atoms with Crippen LogP contribution in [0.5, 0.6) is 0 Å². The average Bonchev–Trinajstić information content (AvgIpc) is 2.35. The summed E-state index contributed by atoms with van der Waals surface area (Å²) in [6, 6.07) is 6.74. The Balaban J connectivity index is 2.50. The van der Waals surface area contributed by atoms with Crippen molar-refractivity contribution in [2.45, 2.75) is 27.2 Å². The molecule has 0 saturated heterocycles. The highest BCUT2D eigenvalue weighted by Crippen LogP contribution is 2.24. The van der Waals surface area contributed by atoms with Gasteiger partial charge in [0.1, 0.15) is 0 Å². The van der Waals surface area contributed by atoms with E-state index in [2.05, 4.69) is 26.6 Å². The quantitative estimate of drug-likeness (QED) is 0.752. The van der Waals surface area contributed by atoms with Gasteiger partial charge in [0.05, 0.1) is 5.92 Å². The third-order valence-corrected chi connectivity index (χ3v) is 3.35. The van der Waals surface area contributed by atoms with E-state index in [4.69, 9.17) is 0 Å². The molecule has 0 aliphatic carbocycles. The number of nitrogens with one attached hydrogen (secondary N) is 2. The third-order valence-electron chi connectivity index (χ3n) is 2.82. The first-order chi connectivity index (χ1) is 9.67. The van der Waals surface area contributed by atoms with Crippen LogP contribution in [0.2, 0.25) is 0 Å². The molecule has 5 nitrogen and oxygen atoms in total. The molecular weight excluding hydrogens is 336 g/mol. The van der Waals surface area contributed by atoms with Gasteiger partial charge in [-0.15, -0.1) is 0 Å². The van der Waals surface area contributed by atoms with Gasteiger partial charge in [-0.05, 0) is 36.1 Å². The topological polar surface area (TPSA) is 78.4 Å². The second-order valence-corrected chi connectivity index (χ2v) is 7.06. The average molecular weight is 357 g/mol. The summed E-state index contributed by atoms with van der Waals surface area (Å²) in [5.41, 5.74) is 0.547. The Morgan fingerprint density at radius 2 is 1.81 bits per heavy atom. The molecule has 0 aliphatic heterocycles. The number of hydrogen-bond acceptors (Lipinski definition) is 2. The van der Waals surface area contributed by atoms with Gasteiger partial charge >= 0.3 is 12.0 Å². The molecule has 1 aromatic rings. The van der Waals surface area contributed by atoms with Crippen molar-refractivity contribution in [2.75, 3.05) is 11.9 Å². The highest BCUT2D eigenvalue weighted by Gasteiger charge is 2.24. The van der Waals surface area contributed by atoms with Gasteiger partial charge in [-0.2, -0.15) is 0 Å². The number of amides is 2. The van der Waals surface area contributed by atoms with Gasteiger partial charge < -0.3 is 15.7 Å². The first kappa shape index (κ1) is 17.5. The Bertz CT molecular complexity index is 495. The lowest BCUT2D eigenvalue weighted by molar-refractivity contribution is -0.142. The molecule has 0 heterocycles. The zero-order valence-electron chi connectivity index (χ0n) is 12.4. The SMILES string of the molecule is CC(C)(C)CC(CNC(=O)Nc1ccc(Br)cc1)C(=O)O. The fraction of sp³-hybridized carbons (Fsp3) is 0.467. The Morgan fingerprint density at radius 1 is 1.24 bits per heavy atom. The molecule has 1 aromatic carbocycles. The van der Waals surface area contributed by atoms with Gasteiger partial charge in [-0.3, -0.25) is 4.79 Å². The van der Waals surface area contributed by atoms with E-state index < -0.39 is 17.9 Å². The lowest BCUT2D eigenvalue weighted by atomic mass is 9.84. The van der Waals surface area contributed by atoms with Crippen LogP contribution < -0.4 is 10.6 Å². The van der Waals surface area contributed by atoms with Gasteiger partial charge in [-0.1, -0.05) is 36.7 Å². The van der Waals surface area contributed by atoms with Gasteiger partial charge in [0.2, 0.25) is 0 Å². The number of urea groups is 1. The molecule has 3 N–H and O–H groups in total. The van der Waals surface area contributed by atoms with Gasteiger partial charge in [0.25, 0.3) is 0 Å². The van der Waals surface area contributed by atoms with E-state index >= 15 is 0 Å². The zero-order chi connectivity index (χ0) is 16.0. The van der Waals surface area contributed by atoms with Crippen LogP contribution >= 0.6 is 15.9 Å². The third kappa shape index (κ3) is 7.13. The van der Waals surface area contributed by atoms with E-state index in [1.807, 2.05) is 32.9 Å². The summed E-state index contributed by atoms with van der Waals surface area (Å²) in [7, 11) is 0. The Kier molecular flexibility index (Phi) is 6.20. The Hall–Kier alpha value is -1.56. The normalized spacial score (nSPS) is 12.6. The van der Waals surface area contributed by atoms with E-state index in [0.717, 1.165) is 4.47 Å². The number of carboxylic acid groups (broad SMARTS) is 1. The first-order valence-corrected chi connectivity index (χ1v) is 7.50. The van der Waals surface area contributed by atoms with Crippen LogP contribution in [0.15, 0.2) is 28.7 Å². The molecule has 116 valence electrons. The van der Waals surface area contributed by atoms with Crippen molar-refractivity contribution >= 4 is 33.6 Å². The predicted octanol–water partition coefficient (Wildman–Crippen LogP) is 3.71. The van der Waals surface area contributed by atoms with Gasteiger partial charge in [0.15, 0.2) is 0 Å². The van der Waals surface area contributed by atoms with Gasteiger partial charge in [0, 0.05) is 16.7 Å². The van der Waals surface area contributed by atoms with Crippen LogP contribution in [-0.4, -0.2) is 23.7 Å². The van der Waals surface area contributed by atoms with Crippen molar-refractivity contribution in [3.05, 3.63) is 28.7 Å². The maximum atomic E-state index is 11.8. The van der Waals surface area contributed by atoms with Crippen molar-refractivity contribution in [3.63, 3.8) is 0 Å². The minimum Gasteiger partial charge on any atom is -0.481 e. The summed E-state index contributed by atoms with van der Waals surface area (Å²) in [4.78, 5) is 23.0. The molecule has 6 heteroatoms. The van der Waals surface area contributed by atoms with Crippen molar-refractivity contribution in [1.29, 1.82) is 0 Å². The maximum absolute atomic E-state index is 11.8. The molecule has 1 unspecified atom stereocenters. The number of benzene rings is 1. The van der Waals surface area contributed by atoms with Crippen LogP contribution in [0.4, 0.5) is 10.5 Å². The van der Waals surface area contributed by atoms with Crippen molar-refractivity contribution in [3.8, 4) is 0 Å². The first-order valence-electron chi connectivity index (χ1n) is 6.70. The fourth-order valence-corrected chi connectivity index (χ4v) is 2.17. The van der Waals surface area contributed by atoms with E-state index in [-0.39, 0.29) is 12.0 Å². The molecule has 0 radical (unpaired) electrons. The van der Waals surface area contributed by atoms with Crippen LogP contribution in [0.1, 0.15) is 27.2 Å². The summed E-state index contributed by atoms with van der Waals surface area (Å²) < 4.78 is 0.921. The highest BCUT2D eigenvalue weighted by atomic mass is 79.9. The number of hydrogen-bond donors (Lipinski definition) is 3. The molecule has 0 spiro atoms. The number of carbonyl (C=O) groups is 2. The van der Waals surface area contributed by atoms with Crippen LogP contribution in [-0.2, 0) is 4.79 Å². The summed E-state index contributed by atoms with van der Waals surface area (Å²) in [5.74, 6) is -1.49. The lowest BCUT2D eigenvalue weighted by Crippen LogP contribution is -2.37. The van der Waals surface area contributed by atoms with E-state index in [0.29, 0.717) is 12.1 Å². The summed E-state index contributed by atoms with van der Waals surface area (Å²) in [6.45, 7) is 6.04. The van der Waals surface area contributed by atoms with Crippen LogP contribution in [0, 0.1) is 11.3 Å². The van der Waals surface area contributed by atoms with Crippen LogP contribution in [0.3, 0.4) is 0 Å². The largest absolute Gasteiger partial charge is 0.481 e.